The highest BCUT2D eigenvalue weighted by molar-refractivity contribution is 6.27. The van der Waals surface area contributed by atoms with Crippen LogP contribution in [0.4, 0.5) is 0 Å². The van der Waals surface area contributed by atoms with Crippen molar-refractivity contribution in [1.29, 1.82) is 0 Å². The second kappa shape index (κ2) is 5.82. The van der Waals surface area contributed by atoms with E-state index in [1.165, 1.54) is 24.8 Å². The van der Waals surface area contributed by atoms with Gasteiger partial charge in [0.05, 0.1) is 0 Å². The van der Waals surface area contributed by atoms with Gasteiger partial charge in [-0.2, -0.15) is 0 Å². The Morgan fingerprint density at radius 2 is 1.92 bits per heavy atom. The zero-order valence-electron chi connectivity index (χ0n) is 7.96. The molecule has 0 bridgehead atoms. The Morgan fingerprint density at radius 1 is 1.23 bits per heavy atom. The summed E-state index contributed by atoms with van der Waals surface area (Å²) in [5.74, 6) is 0. The summed E-state index contributed by atoms with van der Waals surface area (Å²) in [6.45, 7) is 2.21. The number of aryl methyl sites for hydroxylation is 1. The molecule has 13 heavy (non-hydrogen) atoms. The standard InChI is InChI=1S/C12H15Cl/c1-2-3-4-11-5-7-12(8-6-11)9-10-13/h5-10H,2-4H2,1H3/b10-9+. The van der Waals surface area contributed by atoms with Crippen LogP contribution >= 0.6 is 11.6 Å². The average Bonchev–Trinajstić information content (AvgIpc) is 2.17. The molecule has 0 N–H and O–H groups in total. The van der Waals surface area contributed by atoms with Crippen molar-refractivity contribution in [3.8, 4) is 0 Å². The maximum atomic E-state index is 5.48. The van der Waals surface area contributed by atoms with Gasteiger partial charge in [0.2, 0.25) is 0 Å². The van der Waals surface area contributed by atoms with Crippen LogP contribution in [-0.4, -0.2) is 0 Å². The van der Waals surface area contributed by atoms with Crippen molar-refractivity contribution < 1.29 is 0 Å². The highest BCUT2D eigenvalue weighted by Crippen LogP contribution is 2.09. The first-order valence-corrected chi connectivity index (χ1v) is 5.16. The summed E-state index contributed by atoms with van der Waals surface area (Å²) in [5, 5.41) is 0. The molecule has 1 aromatic rings. The van der Waals surface area contributed by atoms with Crippen LogP contribution in [0.2, 0.25) is 0 Å². The summed E-state index contributed by atoms with van der Waals surface area (Å²) in [6.07, 6.45) is 5.60. The van der Waals surface area contributed by atoms with E-state index in [1.807, 2.05) is 6.08 Å². The van der Waals surface area contributed by atoms with Crippen LogP contribution < -0.4 is 0 Å². The van der Waals surface area contributed by atoms with Crippen molar-refractivity contribution in [3.05, 3.63) is 40.9 Å². The van der Waals surface area contributed by atoms with Gasteiger partial charge in [0.1, 0.15) is 0 Å². The zero-order valence-corrected chi connectivity index (χ0v) is 8.72. The van der Waals surface area contributed by atoms with Crippen molar-refractivity contribution in [2.75, 3.05) is 0 Å². The highest BCUT2D eigenvalue weighted by atomic mass is 35.5. The Labute approximate surface area is 85.2 Å². The number of unbranched alkanes of at least 4 members (excludes halogenated alkanes) is 1. The van der Waals surface area contributed by atoms with Crippen molar-refractivity contribution in [3.63, 3.8) is 0 Å². The summed E-state index contributed by atoms with van der Waals surface area (Å²) in [6, 6.07) is 8.54. The lowest BCUT2D eigenvalue weighted by Crippen LogP contribution is -1.83. The van der Waals surface area contributed by atoms with Gasteiger partial charge in [0.15, 0.2) is 0 Å². The van der Waals surface area contributed by atoms with Crippen molar-refractivity contribution in [2.45, 2.75) is 26.2 Å². The highest BCUT2D eigenvalue weighted by Gasteiger charge is 1.91. The Hall–Kier alpha value is -0.750. The van der Waals surface area contributed by atoms with E-state index in [9.17, 15) is 0 Å². The molecule has 0 unspecified atom stereocenters. The third-order valence-corrected chi connectivity index (χ3v) is 2.18. The lowest BCUT2D eigenvalue weighted by atomic mass is 10.1. The van der Waals surface area contributed by atoms with Crippen LogP contribution in [-0.2, 0) is 6.42 Å². The van der Waals surface area contributed by atoms with E-state index in [-0.39, 0.29) is 0 Å². The van der Waals surface area contributed by atoms with Crippen LogP contribution in [0.25, 0.3) is 6.08 Å². The van der Waals surface area contributed by atoms with Crippen LogP contribution in [0.1, 0.15) is 30.9 Å². The van der Waals surface area contributed by atoms with Gasteiger partial charge in [0.25, 0.3) is 0 Å². The van der Waals surface area contributed by atoms with Gasteiger partial charge in [0, 0.05) is 5.54 Å². The molecule has 0 saturated carbocycles. The van der Waals surface area contributed by atoms with Crippen LogP contribution in [0.15, 0.2) is 29.8 Å². The lowest BCUT2D eigenvalue weighted by Gasteiger charge is -1.99. The van der Waals surface area contributed by atoms with Gasteiger partial charge in [-0.05, 0) is 30.0 Å². The topological polar surface area (TPSA) is 0 Å². The van der Waals surface area contributed by atoms with Crippen molar-refractivity contribution in [1.82, 2.24) is 0 Å². The summed E-state index contributed by atoms with van der Waals surface area (Å²) in [5.41, 5.74) is 4.12. The summed E-state index contributed by atoms with van der Waals surface area (Å²) >= 11 is 5.48. The van der Waals surface area contributed by atoms with Gasteiger partial charge in [-0.25, -0.2) is 0 Å². The van der Waals surface area contributed by atoms with Gasteiger partial charge < -0.3 is 0 Å². The number of benzene rings is 1. The minimum Gasteiger partial charge on any atom is -0.0929 e. The third-order valence-electron chi connectivity index (χ3n) is 2.05. The van der Waals surface area contributed by atoms with E-state index in [4.69, 9.17) is 11.6 Å². The average molecular weight is 195 g/mol. The Kier molecular flexibility index (Phi) is 4.63. The molecule has 0 radical (unpaired) electrons. The second-order valence-electron chi connectivity index (χ2n) is 3.14. The van der Waals surface area contributed by atoms with Gasteiger partial charge in [-0.1, -0.05) is 49.2 Å². The fourth-order valence-corrected chi connectivity index (χ4v) is 1.39. The Morgan fingerprint density at radius 3 is 2.46 bits per heavy atom. The van der Waals surface area contributed by atoms with Gasteiger partial charge >= 0.3 is 0 Å². The molecule has 0 nitrogen and oxygen atoms in total. The summed E-state index contributed by atoms with van der Waals surface area (Å²) < 4.78 is 0. The monoisotopic (exact) mass is 194 g/mol. The fraction of sp³-hybridized carbons (Fsp3) is 0.333. The Bertz CT molecular complexity index is 259. The molecule has 0 saturated heterocycles. The van der Waals surface area contributed by atoms with Gasteiger partial charge in [-0.15, -0.1) is 0 Å². The minimum absolute atomic E-state index is 1.16. The third kappa shape index (κ3) is 3.65. The van der Waals surface area contributed by atoms with E-state index in [2.05, 4.69) is 31.2 Å². The Balaban J connectivity index is 2.58. The maximum absolute atomic E-state index is 5.48. The minimum atomic E-state index is 1.16. The van der Waals surface area contributed by atoms with E-state index in [1.54, 1.807) is 5.54 Å². The second-order valence-corrected chi connectivity index (χ2v) is 3.39. The molecule has 0 aliphatic carbocycles. The molecule has 0 atom stereocenters. The summed E-state index contributed by atoms with van der Waals surface area (Å²) in [7, 11) is 0. The van der Waals surface area contributed by atoms with Crippen molar-refractivity contribution >= 4 is 17.7 Å². The molecule has 0 aromatic heterocycles. The molecule has 0 aliphatic rings. The number of halogens is 1. The quantitative estimate of drug-likeness (QED) is 0.673. The lowest BCUT2D eigenvalue weighted by molar-refractivity contribution is 0.795. The largest absolute Gasteiger partial charge is 0.0929 e. The molecule has 1 heteroatoms. The van der Waals surface area contributed by atoms with Crippen LogP contribution in [0, 0.1) is 0 Å². The first kappa shape index (κ1) is 10.3. The van der Waals surface area contributed by atoms with E-state index in [0.717, 1.165) is 5.56 Å². The van der Waals surface area contributed by atoms with E-state index < -0.39 is 0 Å². The first-order valence-electron chi connectivity index (χ1n) is 4.72. The molecule has 0 fully saturated rings. The molecule has 1 rings (SSSR count). The molecule has 0 heterocycles. The molecular formula is C12H15Cl. The number of hydrogen-bond acceptors (Lipinski definition) is 0. The molecule has 0 aliphatic heterocycles. The normalized spacial score (nSPS) is 10.9. The van der Waals surface area contributed by atoms with E-state index in [0.29, 0.717) is 0 Å². The fourth-order valence-electron chi connectivity index (χ4n) is 1.25. The van der Waals surface area contributed by atoms with Crippen LogP contribution in [0.3, 0.4) is 0 Å². The molecule has 70 valence electrons. The number of hydrogen-bond donors (Lipinski definition) is 0. The summed E-state index contributed by atoms with van der Waals surface area (Å²) in [4.78, 5) is 0. The predicted octanol–water partition coefficient (Wildman–Crippen LogP) is 4.24. The molecule has 0 amide bonds. The molecular weight excluding hydrogens is 180 g/mol. The smallest absolute Gasteiger partial charge is 0.00484 e. The predicted molar refractivity (Wildman–Crippen MR) is 59.9 cm³/mol. The molecule has 0 spiro atoms. The number of rotatable bonds is 4. The first-order chi connectivity index (χ1) is 6.36. The molecule has 1 aromatic carbocycles. The zero-order chi connectivity index (χ0) is 9.52. The van der Waals surface area contributed by atoms with E-state index >= 15 is 0 Å². The van der Waals surface area contributed by atoms with Gasteiger partial charge in [-0.3, -0.25) is 0 Å². The maximum Gasteiger partial charge on any atom is 0.00484 e. The van der Waals surface area contributed by atoms with Crippen molar-refractivity contribution in [2.24, 2.45) is 0 Å². The van der Waals surface area contributed by atoms with Crippen LogP contribution in [0.5, 0.6) is 0 Å². The SMILES string of the molecule is CCCCc1ccc(/C=C/Cl)cc1.